The van der Waals surface area contributed by atoms with Gasteiger partial charge in [-0.25, -0.2) is 8.78 Å². The zero-order chi connectivity index (χ0) is 10.8. The second kappa shape index (κ2) is 3.98. The third kappa shape index (κ3) is 1.72. The molecule has 2 aromatic rings. The van der Waals surface area contributed by atoms with Crippen molar-refractivity contribution in [1.29, 1.82) is 0 Å². The minimum atomic E-state index is -2.42. The molecule has 0 bridgehead atoms. The molecule has 15 heavy (non-hydrogen) atoms. The quantitative estimate of drug-likeness (QED) is 0.802. The maximum absolute atomic E-state index is 12.7. The highest BCUT2D eigenvalue weighted by Crippen LogP contribution is 2.28. The molecule has 1 aromatic carbocycles. The number of H-pyrrole nitrogens is 1. The Labute approximate surface area is 86.1 Å². The van der Waals surface area contributed by atoms with Crippen molar-refractivity contribution >= 4 is 10.9 Å². The van der Waals surface area contributed by atoms with E-state index < -0.39 is 12.3 Å². The van der Waals surface area contributed by atoms with Crippen molar-refractivity contribution < 1.29 is 8.78 Å². The van der Waals surface area contributed by atoms with Gasteiger partial charge in [0.25, 0.3) is 0 Å². The predicted octanol–water partition coefficient (Wildman–Crippen LogP) is 2.48. The van der Waals surface area contributed by atoms with Crippen LogP contribution in [-0.2, 0) is 0 Å². The molecule has 1 aromatic heterocycles. The largest absolute Gasteiger partial charge is 0.361 e. The average molecular weight is 210 g/mol. The molecule has 4 heteroatoms. The van der Waals surface area contributed by atoms with Gasteiger partial charge in [0, 0.05) is 23.6 Å². The second-order valence-electron chi connectivity index (χ2n) is 3.47. The number of halogens is 2. The first-order valence-electron chi connectivity index (χ1n) is 4.78. The Balaban J connectivity index is 2.51. The van der Waals surface area contributed by atoms with Gasteiger partial charge in [0.1, 0.15) is 0 Å². The number of aromatic amines is 1. The summed E-state index contributed by atoms with van der Waals surface area (Å²) < 4.78 is 25.4. The number of rotatable bonds is 3. The lowest BCUT2D eigenvalue weighted by molar-refractivity contribution is 0.117. The number of hydrogen-bond acceptors (Lipinski definition) is 1. The topological polar surface area (TPSA) is 41.8 Å². The van der Waals surface area contributed by atoms with Crippen LogP contribution in [0, 0.1) is 0 Å². The lowest BCUT2D eigenvalue weighted by atomic mass is 9.99. The minimum Gasteiger partial charge on any atom is -0.361 e. The van der Waals surface area contributed by atoms with E-state index in [1.54, 1.807) is 6.20 Å². The minimum absolute atomic E-state index is 0.0421. The molecule has 0 saturated heterocycles. The number of para-hydroxylation sites is 1. The van der Waals surface area contributed by atoms with E-state index in [4.69, 9.17) is 5.73 Å². The average Bonchev–Trinajstić information content (AvgIpc) is 2.63. The van der Waals surface area contributed by atoms with E-state index in [0.717, 1.165) is 10.9 Å². The molecule has 0 aliphatic heterocycles. The Hall–Kier alpha value is -1.42. The standard InChI is InChI=1S/C11H12F2N2/c12-11(13)8(5-14)9-6-15-10-4-2-1-3-7(9)10/h1-4,6,8,11,15H,5,14H2. The van der Waals surface area contributed by atoms with Gasteiger partial charge >= 0.3 is 0 Å². The van der Waals surface area contributed by atoms with Crippen molar-refractivity contribution in [3.63, 3.8) is 0 Å². The number of alkyl halides is 2. The molecular weight excluding hydrogens is 198 g/mol. The molecule has 2 rings (SSSR count). The number of aromatic nitrogens is 1. The van der Waals surface area contributed by atoms with E-state index in [1.807, 2.05) is 24.3 Å². The molecule has 0 radical (unpaired) electrons. The number of nitrogens with one attached hydrogen (secondary N) is 1. The van der Waals surface area contributed by atoms with Gasteiger partial charge in [-0.3, -0.25) is 0 Å². The lowest BCUT2D eigenvalue weighted by Crippen LogP contribution is -2.19. The van der Waals surface area contributed by atoms with Crippen LogP contribution in [0.3, 0.4) is 0 Å². The van der Waals surface area contributed by atoms with Crippen LogP contribution in [0.25, 0.3) is 10.9 Å². The van der Waals surface area contributed by atoms with Crippen LogP contribution in [0.4, 0.5) is 8.78 Å². The summed E-state index contributed by atoms with van der Waals surface area (Å²) in [7, 11) is 0. The summed E-state index contributed by atoms with van der Waals surface area (Å²) in [5.74, 6) is -0.888. The molecular formula is C11H12F2N2. The second-order valence-corrected chi connectivity index (χ2v) is 3.47. The van der Waals surface area contributed by atoms with Crippen LogP contribution in [0.15, 0.2) is 30.5 Å². The first kappa shape index (κ1) is 10.1. The van der Waals surface area contributed by atoms with Crippen molar-refractivity contribution in [2.75, 3.05) is 6.54 Å². The fourth-order valence-corrected chi connectivity index (χ4v) is 1.77. The summed E-state index contributed by atoms with van der Waals surface area (Å²) in [5, 5.41) is 0.827. The molecule has 0 saturated carbocycles. The van der Waals surface area contributed by atoms with Crippen molar-refractivity contribution in [2.45, 2.75) is 12.3 Å². The van der Waals surface area contributed by atoms with Gasteiger partial charge in [-0.1, -0.05) is 18.2 Å². The number of benzene rings is 1. The Bertz CT molecular complexity index is 451. The van der Waals surface area contributed by atoms with Gasteiger partial charge in [0.2, 0.25) is 6.43 Å². The molecule has 0 fully saturated rings. The van der Waals surface area contributed by atoms with Crippen molar-refractivity contribution in [1.82, 2.24) is 4.98 Å². The van der Waals surface area contributed by atoms with E-state index in [9.17, 15) is 8.78 Å². The number of nitrogens with two attached hydrogens (primary N) is 1. The van der Waals surface area contributed by atoms with E-state index in [0.29, 0.717) is 5.56 Å². The molecule has 1 atom stereocenters. The first-order valence-corrected chi connectivity index (χ1v) is 4.78. The molecule has 2 nitrogen and oxygen atoms in total. The van der Waals surface area contributed by atoms with E-state index >= 15 is 0 Å². The molecule has 1 heterocycles. The molecule has 0 spiro atoms. The molecule has 0 aliphatic rings. The maximum atomic E-state index is 12.7. The van der Waals surface area contributed by atoms with Crippen LogP contribution < -0.4 is 5.73 Å². The van der Waals surface area contributed by atoms with Crippen molar-refractivity contribution in [3.05, 3.63) is 36.0 Å². The van der Waals surface area contributed by atoms with Crippen LogP contribution in [-0.4, -0.2) is 18.0 Å². The summed E-state index contributed by atoms with van der Waals surface area (Å²) in [4.78, 5) is 2.97. The zero-order valence-electron chi connectivity index (χ0n) is 8.08. The van der Waals surface area contributed by atoms with Gasteiger partial charge in [-0.15, -0.1) is 0 Å². The highest BCUT2D eigenvalue weighted by Gasteiger charge is 2.23. The third-order valence-corrected chi connectivity index (χ3v) is 2.58. The van der Waals surface area contributed by atoms with Gasteiger partial charge in [-0.05, 0) is 11.6 Å². The Morgan fingerprint density at radius 2 is 2.00 bits per heavy atom. The Kier molecular flexibility index (Phi) is 2.68. The Morgan fingerprint density at radius 1 is 1.27 bits per heavy atom. The first-order chi connectivity index (χ1) is 7.24. The van der Waals surface area contributed by atoms with Gasteiger partial charge in [-0.2, -0.15) is 0 Å². The smallest absolute Gasteiger partial charge is 0.246 e. The van der Waals surface area contributed by atoms with Crippen LogP contribution >= 0.6 is 0 Å². The van der Waals surface area contributed by atoms with Gasteiger partial charge in [0.15, 0.2) is 0 Å². The van der Waals surface area contributed by atoms with E-state index in [1.165, 1.54) is 0 Å². The highest BCUT2D eigenvalue weighted by molar-refractivity contribution is 5.83. The predicted molar refractivity (Wildman–Crippen MR) is 56.1 cm³/mol. The highest BCUT2D eigenvalue weighted by atomic mass is 19.3. The van der Waals surface area contributed by atoms with Gasteiger partial charge < -0.3 is 10.7 Å². The number of fused-ring (bicyclic) bond motifs is 1. The summed E-state index contributed by atoms with van der Waals surface area (Å²) in [6.07, 6.45) is -0.803. The van der Waals surface area contributed by atoms with E-state index in [-0.39, 0.29) is 6.54 Å². The molecule has 1 unspecified atom stereocenters. The molecule has 3 N–H and O–H groups in total. The van der Waals surface area contributed by atoms with Gasteiger partial charge in [0.05, 0.1) is 5.92 Å². The summed E-state index contributed by atoms with van der Waals surface area (Å²) >= 11 is 0. The summed E-state index contributed by atoms with van der Waals surface area (Å²) in [5.41, 5.74) is 6.83. The molecule has 0 amide bonds. The normalized spacial score (nSPS) is 13.6. The van der Waals surface area contributed by atoms with Crippen LogP contribution in [0.5, 0.6) is 0 Å². The lowest BCUT2D eigenvalue weighted by Gasteiger charge is -2.12. The third-order valence-electron chi connectivity index (χ3n) is 2.58. The zero-order valence-corrected chi connectivity index (χ0v) is 8.08. The fourth-order valence-electron chi connectivity index (χ4n) is 1.77. The monoisotopic (exact) mass is 210 g/mol. The fraction of sp³-hybridized carbons (Fsp3) is 0.273. The summed E-state index contributed by atoms with van der Waals surface area (Å²) in [6, 6.07) is 7.38. The van der Waals surface area contributed by atoms with Crippen LogP contribution in [0.1, 0.15) is 11.5 Å². The summed E-state index contributed by atoms with van der Waals surface area (Å²) in [6.45, 7) is -0.0421. The van der Waals surface area contributed by atoms with Crippen molar-refractivity contribution in [2.24, 2.45) is 5.73 Å². The SMILES string of the molecule is NCC(c1c[nH]c2ccccc12)C(F)F. The van der Waals surface area contributed by atoms with E-state index in [2.05, 4.69) is 4.98 Å². The Morgan fingerprint density at radius 3 is 2.67 bits per heavy atom. The van der Waals surface area contributed by atoms with Crippen molar-refractivity contribution in [3.8, 4) is 0 Å². The number of hydrogen-bond donors (Lipinski definition) is 2. The van der Waals surface area contributed by atoms with Crippen LogP contribution in [0.2, 0.25) is 0 Å². The molecule has 0 aliphatic carbocycles. The maximum Gasteiger partial charge on any atom is 0.246 e. The molecule has 80 valence electrons.